The molecule has 2 aromatic carbocycles. The number of aromatic nitrogens is 1. The van der Waals surface area contributed by atoms with Gasteiger partial charge in [-0.25, -0.2) is 0 Å². The van der Waals surface area contributed by atoms with Gasteiger partial charge in [0.05, 0.1) is 16.8 Å². The van der Waals surface area contributed by atoms with E-state index in [1.165, 1.54) is 36.4 Å². The fourth-order valence-corrected chi connectivity index (χ4v) is 5.36. The fourth-order valence-electron chi connectivity index (χ4n) is 2.99. The Kier molecular flexibility index (Phi) is 5.37. The summed E-state index contributed by atoms with van der Waals surface area (Å²) in [4.78, 5) is 3.67. The number of thioether (sulfide) groups is 1. The topological polar surface area (TPSA) is 7.12 Å². The first-order valence-electron chi connectivity index (χ1n) is 7.93. The summed E-state index contributed by atoms with van der Waals surface area (Å²) in [5.41, 5.74) is 3.86. The lowest BCUT2D eigenvalue weighted by Gasteiger charge is -2.17. The second kappa shape index (κ2) is 7.36. The van der Waals surface area contributed by atoms with Crippen LogP contribution in [0.5, 0.6) is 0 Å². The molecule has 25 heavy (non-hydrogen) atoms. The molecular formula is C20H19BrN2S2. The fraction of sp³-hybridized carbons (Fsp3) is 0.150. The van der Waals surface area contributed by atoms with Gasteiger partial charge in [0.1, 0.15) is 11.7 Å². The maximum absolute atomic E-state index is 3.93. The summed E-state index contributed by atoms with van der Waals surface area (Å²) in [6.45, 7) is 6.90. The number of rotatable bonds is 3. The van der Waals surface area contributed by atoms with Crippen LogP contribution in [-0.4, -0.2) is 6.54 Å². The summed E-state index contributed by atoms with van der Waals surface area (Å²) in [5.74, 6) is 0. The summed E-state index contributed by atoms with van der Waals surface area (Å²) < 4.78 is 3.59. The summed E-state index contributed by atoms with van der Waals surface area (Å²) in [6, 6.07) is 15.2. The molecule has 1 aromatic heterocycles. The third-order valence-electron chi connectivity index (χ3n) is 4.22. The van der Waals surface area contributed by atoms with Crippen LogP contribution in [0.15, 0.2) is 65.0 Å². The second-order valence-electron chi connectivity index (χ2n) is 5.92. The molecule has 0 bridgehead atoms. The molecule has 0 unspecified atom stereocenters. The average Bonchev–Trinajstić information content (AvgIpc) is 3.07. The van der Waals surface area contributed by atoms with Crippen molar-refractivity contribution in [3.63, 3.8) is 0 Å². The van der Waals surface area contributed by atoms with Gasteiger partial charge in [0.25, 0.3) is 5.01 Å². The molecular weight excluding hydrogens is 412 g/mol. The van der Waals surface area contributed by atoms with Gasteiger partial charge in [0.2, 0.25) is 5.52 Å². The van der Waals surface area contributed by atoms with Crippen LogP contribution in [0, 0.1) is 6.92 Å². The predicted molar refractivity (Wildman–Crippen MR) is 106 cm³/mol. The number of halogens is 1. The third kappa shape index (κ3) is 3.28. The molecule has 2 heterocycles. The van der Waals surface area contributed by atoms with E-state index in [1.807, 2.05) is 29.2 Å². The molecule has 0 spiro atoms. The van der Waals surface area contributed by atoms with E-state index in [1.54, 1.807) is 0 Å². The monoisotopic (exact) mass is 430 g/mol. The number of hydrogen-bond acceptors (Lipinski definition) is 3. The minimum Gasteiger partial charge on any atom is -1.00 e. The molecule has 0 amide bonds. The van der Waals surface area contributed by atoms with Crippen molar-refractivity contribution in [1.29, 1.82) is 0 Å². The van der Waals surface area contributed by atoms with E-state index in [9.17, 15) is 0 Å². The van der Waals surface area contributed by atoms with Gasteiger partial charge in [0, 0.05) is 17.5 Å². The number of thiazole rings is 1. The highest BCUT2D eigenvalue weighted by atomic mass is 79.9. The number of aryl methyl sites for hydroxylation is 2. The highest BCUT2D eigenvalue weighted by Crippen LogP contribution is 2.47. The van der Waals surface area contributed by atoms with Crippen molar-refractivity contribution in [1.82, 2.24) is 0 Å². The summed E-state index contributed by atoms with van der Waals surface area (Å²) in [6.07, 6.45) is 4.27. The van der Waals surface area contributed by atoms with Crippen LogP contribution in [0.25, 0.3) is 16.3 Å². The predicted octanol–water partition coefficient (Wildman–Crippen LogP) is 2.13. The largest absolute Gasteiger partial charge is 1.00 e. The van der Waals surface area contributed by atoms with Crippen molar-refractivity contribution < 1.29 is 21.5 Å². The van der Waals surface area contributed by atoms with Gasteiger partial charge < -0.3 is 21.9 Å². The van der Waals surface area contributed by atoms with Crippen LogP contribution >= 0.6 is 23.1 Å². The Morgan fingerprint density at radius 3 is 2.76 bits per heavy atom. The van der Waals surface area contributed by atoms with Crippen molar-refractivity contribution in [3.05, 3.63) is 70.7 Å². The standard InChI is InChI=1S/C20H19N2S2.BrH/c1-4-11-22-16-10-9-14(2)12-18(16)24-20(22)13-19-21(3)15-7-5-6-8-17(15)23-19;/h4-10,12-13H,1,11H2,2-3H3;1H/q+1;/p-1. The Morgan fingerprint density at radius 2 is 2.00 bits per heavy atom. The maximum Gasteiger partial charge on any atom is 0.265 e. The molecule has 3 aromatic rings. The number of nitrogens with zero attached hydrogens (tertiary/aromatic N) is 2. The van der Waals surface area contributed by atoms with Crippen LogP contribution < -0.4 is 26.4 Å². The van der Waals surface area contributed by atoms with Crippen LogP contribution in [0.3, 0.4) is 0 Å². The van der Waals surface area contributed by atoms with E-state index >= 15 is 0 Å². The SMILES string of the molecule is C=CCN1/C(=C/c2sc3ccccc3[n+]2C)Sc2cc(C)ccc21.[Br-]. The van der Waals surface area contributed by atoms with Crippen molar-refractivity contribution in [3.8, 4) is 0 Å². The molecule has 0 saturated carbocycles. The number of anilines is 1. The zero-order valence-corrected chi connectivity index (χ0v) is 17.4. The molecule has 1 aliphatic heterocycles. The Balaban J connectivity index is 0.00000182. The smallest absolute Gasteiger partial charge is 0.265 e. The highest BCUT2D eigenvalue weighted by Gasteiger charge is 2.26. The second-order valence-corrected chi connectivity index (χ2v) is 8.05. The van der Waals surface area contributed by atoms with Gasteiger partial charge in [-0.3, -0.25) is 0 Å². The molecule has 0 fully saturated rings. The number of hydrogen-bond donors (Lipinski definition) is 0. The van der Waals surface area contributed by atoms with E-state index < -0.39 is 0 Å². The minimum absolute atomic E-state index is 0. The molecule has 4 rings (SSSR count). The number of benzene rings is 2. The zero-order chi connectivity index (χ0) is 16.7. The van der Waals surface area contributed by atoms with Crippen molar-refractivity contribution >= 4 is 45.1 Å². The first-order chi connectivity index (χ1) is 11.7. The number of para-hydroxylation sites is 1. The van der Waals surface area contributed by atoms with Gasteiger partial charge in [-0.2, -0.15) is 4.57 Å². The average molecular weight is 431 g/mol. The Labute approximate surface area is 167 Å². The quantitative estimate of drug-likeness (QED) is 0.464. The maximum atomic E-state index is 3.93. The van der Waals surface area contributed by atoms with Crippen molar-refractivity contribution in [2.45, 2.75) is 11.8 Å². The van der Waals surface area contributed by atoms with E-state index in [-0.39, 0.29) is 17.0 Å². The Hall–Kier alpha value is -1.56. The van der Waals surface area contributed by atoms with Crippen molar-refractivity contribution in [2.24, 2.45) is 7.05 Å². The van der Waals surface area contributed by atoms with Gasteiger partial charge >= 0.3 is 0 Å². The molecule has 0 aliphatic carbocycles. The van der Waals surface area contributed by atoms with Gasteiger partial charge in [0.15, 0.2) is 0 Å². The van der Waals surface area contributed by atoms with Gasteiger partial charge in [-0.05, 0) is 30.7 Å². The molecule has 5 heteroatoms. The lowest BCUT2D eigenvalue weighted by molar-refractivity contribution is -0.642. The van der Waals surface area contributed by atoms with E-state index in [0.29, 0.717) is 0 Å². The summed E-state index contributed by atoms with van der Waals surface area (Å²) in [5, 5.41) is 2.52. The lowest BCUT2D eigenvalue weighted by Crippen LogP contribution is -3.00. The van der Waals surface area contributed by atoms with Crippen molar-refractivity contribution in [2.75, 3.05) is 11.4 Å². The third-order valence-corrected chi connectivity index (χ3v) is 6.48. The Bertz CT molecular complexity index is 975. The molecule has 128 valence electrons. The summed E-state index contributed by atoms with van der Waals surface area (Å²) >= 11 is 3.68. The van der Waals surface area contributed by atoms with Crippen LogP contribution in [-0.2, 0) is 7.05 Å². The number of fused-ring (bicyclic) bond motifs is 2. The Morgan fingerprint density at radius 1 is 1.20 bits per heavy atom. The van der Waals surface area contributed by atoms with E-state index in [0.717, 1.165) is 6.54 Å². The normalized spacial score (nSPS) is 14.6. The minimum atomic E-state index is 0. The van der Waals surface area contributed by atoms with E-state index in [2.05, 4.69) is 78.6 Å². The van der Waals surface area contributed by atoms with Gasteiger partial charge in [-0.15, -0.1) is 6.58 Å². The van der Waals surface area contributed by atoms with Crippen LogP contribution in [0.1, 0.15) is 10.6 Å². The van der Waals surface area contributed by atoms with Crippen LogP contribution in [0.4, 0.5) is 5.69 Å². The molecule has 0 N–H and O–H groups in total. The first-order valence-corrected chi connectivity index (χ1v) is 9.57. The molecule has 0 radical (unpaired) electrons. The van der Waals surface area contributed by atoms with Gasteiger partial charge in [-0.1, -0.05) is 47.4 Å². The molecule has 0 saturated heterocycles. The lowest BCUT2D eigenvalue weighted by atomic mass is 10.2. The zero-order valence-electron chi connectivity index (χ0n) is 14.2. The highest BCUT2D eigenvalue weighted by molar-refractivity contribution is 8.03. The molecule has 2 nitrogen and oxygen atoms in total. The molecule has 0 atom stereocenters. The van der Waals surface area contributed by atoms with E-state index in [4.69, 9.17) is 0 Å². The first kappa shape index (κ1) is 18.2. The van der Waals surface area contributed by atoms with Crippen LogP contribution in [0.2, 0.25) is 0 Å². The molecule has 1 aliphatic rings. The summed E-state index contributed by atoms with van der Waals surface area (Å²) in [7, 11) is 2.14.